The van der Waals surface area contributed by atoms with Gasteiger partial charge < -0.3 is 10.2 Å². The third-order valence-electron chi connectivity index (χ3n) is 3.02. The van der Waals surface area contributed by atoms with Crippen LogP contribution in [0.2, 0.25) is 0 Å². The van der Waals surface area contributed by atoms with E-state index in [4.69, 9.17) is 10.2 Å². The molecule has 1 aromatic carbocycles. The van der Waals surface area contributed by atoms with Gasteiger partial charge in [-0.1, -0.05) is 0 Å². The number of benzene rings is 1. The Morgan fingerprint density at radius 1 is 1.29 bits per heavy atom. The van der Waals surface area contributed by atoms with Crippen molar-refractivity contribution in [3.05, 3.63) is 54.0 Å². The molecular weight excluding hydrogens is 466 g/mol. The van der Waals surface area contributed by atoms with Crippen molar-refractivity contribution < 1.29 is 14.1 Å². The molecule has 7 nitrogen and oxygen atoms in total. The lowest BCUT2D eigenvalue weighted by molar-refractivity contribution is -0.385. The summed E-state index contributed by atoms with van der Waals surface area (Å²) in [5.74, 6) is 0.524. The monoisotopic (exact) mass is 471 g/mol. The number of carbonyl (C=O) groups is 1. The van der Waals surface area contributed by atoms with Gasteiger partial charge in [0, 0.05) is 32.7 Å². The number of carbonyl (C=O) groups excluding carboxylic acids is 1. The highest BCUT2D eigenvalue weighted by molar-refractivity contribution is 9.11. The zero-order chi connectivity index (χ0) is 17.4. The van der Waals surface area contributed by atoms with Gasteiger partial charge in [-0.05, 0) is 55.8 Å². The van der Waals surface area contributed by atoms with Gasteiger partial charge in [-0.15, -0.1) is 0 Å². The zero-order valence-corrected chi connectivity index (χ0v) is 15.6. The van der Waals surface area contributed by atoms with Crippen molar-refractivity contribution in [2.75, 3.05) is 0 Å². The molecule has 3 rings (SSSR count). The van der Waals surface area contributed by atoms with Gasteiger partial charge in [-0.2, -0.15) is 4.99 Å². The predicted octanol–water partition coefficient (Wildman–Crippen LogP) is 4.31. The largest absolute Gasteiger partial charge is 0.457 e. The van der Waals surface area contributed by atoms with E-state index in [0.717, 1.165) is 11.8 Å². The summed E-state index contributed by atoms with van der Waals surface area (Å²) in [7, 11) is 0. The van der Waals surface area contributed by atoms with Crippen LogP contribution in [0.1, 0.15) is 5.76 Å². The first kappa shape index (κ1) is 16.9. The summed E-state index contributed by atoms with van der Waals surface area (Å²) in [6, 6.07) is 6.18. The number of nitro benzene ring substituents is 1. The molecule has 0 saturated carbocycles. The number of hydrogen-bond acceptors (Lipinski definition) is 6. The first-order valence-corrected chi connectivity index (χ1v) is 8.77. The van der Waals surface area contributed by atoms with Gasteiger partial charge >= 0.3 is 0 Å². The Labute approximate surface area is 156 Å². The van der Waals surface area contributed by atoms with E-state index in [9.17, 15) is 14.9 Å². The number of nitrogens with zero attached hydrogens (tertiary/aromatic N) is 2. The number of halogens is 2. The second-order valence-corrected chi connectivity index (χ2v) is 7.38. The third-order valence-corrected chi connectivity index (χ3v) is 5.08. The number of aliphatic imine (C=N–C) groups is 1. The van der Waals surface area contributed by atoms with Gasteiger partial charge in [0.2, 0.25) is 0 Å². The standard InChI is InChI=1S/C14H7Br2N3O4S/c15-8-3-6(19(21)22)4-9(16)12(8)10-2-1-7(23-10)5-11-13(20)18-14(17)24-11/h1-5H,(H2,17,18,20)/b11-5-. The number of amides is 1. The maximum atomic E-state index is 11.6. The first-order chi connectivity index (χ1) is 11.3. The van der Waals surface area contributed by atoms with Crippen molar-refractivity contribution in [2.24, 2.45) is 10.7 Å². The number of thioether (sulfide) groups is 1. The van der Waals surface area contributed by atoms with E-state index in [2.05, 4.69) is 36.9 Å². The lowest BCUT2D eigenvalue weighted by atomic mass is 10.1. The van der Waals surface area contributed by atoms with Gasteiger partial charge in [0.15, 0.2) is 5.17 Å². The van der Waals surface area contributed by atoms with Crippen LogP contribution in [0.15, 0.2) is 47.5 Å². The van der Waals surface area contributed by atoms with Crippen LogP contribution < -0.4 is 5.73 Å². The van der Waals surface area contributed by atoms with Gasteiger partial charge in [0.1, 0.15) is 11.5 Å². The molecule has 0 aliphatic carbocycles. The van der Waals surface area contributed by atoms with Crippen LogP contribution >= 0.6 is 43.6 Å². The van der Waals surface area contributed by atoms with E-state index in [-0.39, 0.29) is 10.9 Å². The highest BCUT2D eigenvalue weighted by Gasteiger charge is 2.21. The van der Waals surface area contributed by atoms with Crippen LogP contribution in [-0.4, -0.2) is 16.0 Å². The summed E-state index contributed by atoms with van der Waals surface area (Å²) in [5, 5.41) is 11.1. The maximum Gasteiger partial charge on any atom is 0.286 e. The number of hydrogen-bond donors (Lipinski definition) is 1. The molecule has 0 unspecified atom stereocenters. The zero-order valence-electron chi connectivity index (χ0n) is 11.7. The smallest absolute Gasteiger partial charge is 0.286 e. The molecule has 0 spiro atoms. The lowest BCUT2D eigenvalue weighted by Gasteiger charge is -2.04. The molecule has 1 aromatic heterocycles. The minimum absolute atomic E-state index is 0.0491. The maximum absolute atomic E-state index is 11.6. The summed E-state index contributed by atoms with van der Waals surface area (Å²) in [6.45, 7) is 0. The van der Waals surface area contributed by atoms with Crippen molar-refractivity contribution in [3.8, 4) is 11.3 Å². The van der Waals surface area contributed by atoms with Gasteiger partial charge in [0.25, 0.3) is 11.6 Å². The first-order valence-electron chi connectivity index (χ1n) is 6.37. The van der Waals surface area contributed by atoms with Crippen LogP contribution in [0.3, 0.4) is 0 Å². The molecule has 2 heterocycles. The second-order valence-electron chi connectivity index (χ2n) is 4.61. The molecule has 2 N–H and O–H groups in total. The molecule has 2 aromatic rings. The van der Waals surface area contributed by atoms with E-state index < -0.39 is 10.8 Å². The molecule has 0 saturated heterocycles. The molecule has 0 radical (unpaired) electrons. The highest BCUT2D eigenvalue weighted by atomic mass is 79.9. The van der Waals surface area contributed by atoms with Gasteiger partial charge in [0.05, 0.1) is 9.83 Å². The van der Waals surface area contributed by atoms with Gasteiger partial charge in [-0.3, -0.25) is 14.9 Å². The molecular formula is C14H7Br2N3O4S. The molecule has 0 atom stereocenters. The number of non-ortho nitro benzene ring substituents is 1. The Hall–Kier alpha value is -1.91. The average Bonchev–Trinajstić information content (AvgIpc) is 3.05. The summed E-state index contributed by atoms with van der Waals surface area (Å²) in [6.07, 6.45) is 1.55. The molecule has 1 aliphatic heterocycles. The van der Waals surface area contributed by atoms with Crippen LogP contribution in [0, 0.1) is 10.1 Å². The van der Waals surface area contributed by atoms with Crippen molar-refractivity contribution in [1.82, 2.24) is 0 Å². The normalized spacial score (nSPS) is 15.8. The third kappa shape index (κ3) is 3.30. The van der Waals surface area contributed by atoms with E-state index in [1.54, 1.807) is 18.2 Å². The Balaban J connectivity index is 1.96. The molecule has 0 bridgehead atoms. The lowest BCUT2D eigenvalue weighted by Crippen LogP contribution is -2.01. The van der Waals surface area contributed by atoms with Crippen LogP contribution in [0.25, 0.3) is 17.4 Å². The quantitative estimate of drug-likeness (QED) is 0.404. The number of furan rings is 1. The van der Waals surface area contributed by atoms with Crippen molar-refractivity contribution in [2.45, 2.75) is 0 Å². The Morgan fingerprint density at radius 2 is 1.96 bits per heavy atom. The summed E-state index contributed by atoms with van der Waals surface area (Å²) in [5.41, 5.74) is 6.08. The molecule has 1 aliphatic rings. The minimum atomic E-state index is -0.482. The van der Waals surface area contributed by atoms with E-state index in [1.165, 1.54) is 12.1 Å². The second kappa shape index (κ2) is 6.54. The van der Waals surface area contributed by atoms with Crippen molar-refractivity contribution >= 4 is 66.5 Å². The SMILES string of the molecule is NC1=NC(=O)/C(=C/c2ccc(-c3c(Br)cc([N+](=O)[O-])cc3Br)o2)S1. The topological polar surface area (TPSA) is 112 Å². The van der Waals surface area contributed by atoms with E-state index in [1.807, 2.05) is 0 Å². The van der Waals surface area contributed by atoms with Crippen LogP contribution in [0.4, 0.5) is 5.69 Å². The molecule has 122 valence electrons. The Morgan fingerprint density at radius 3 is 2.50 bits per heavy atom. The average molecular weight is 473 g/mol. The highest BCUT2D eigenvalue weighted by Crippen LogP contribution is 2.39. The molecule has 24 heavy (non-hydrogen) atoms. The fourth-order valence-electron chi connectivity index (χ4n) is 2.02. The molecule has 1 amide bonds. The minimum Gasteiger partial charge on any atom is -0.457 e. The summed E-state index contributed by atoms with van der Waals surface area (Å²) >= 11 is 7.70. The molecule has 0 fully saturated rings. The van der Waals surface area contributed by atoms with Crippen LogP contribution in [0.5, 0.6) is 0 Å². The predicted molar refractivity (Wildman–Crippen MR) is 98.4 cm³/mol. The number of rotatable bonds is 3. The Kier molecular flexibility index (Phi) is 4.61. The number of amidine groups is 1. The van der Waals surface area contributed by atoms with Crippen molar-refractivity contribution in [3.63, 3.8) is 0 Å². The Bertz CT molecular complexity index is 913. The van der Waals surface area contributed by atoms with Crippen LogP contribution in [-0.2, 0) is 4.79 Å². The van der Waals surface area contributed by atoms with Gasteiger partial charge in [-0.25, -0.2) is 0 Å². The number of nitrogens with two attached hydrogens (primary N) is 1. The fraction of sp³-hybridized carbons (Fsp3) is 0. The summed E-state index contributed by atoms with van der Waals surface area (Å²) < 4.78 is 6.73. The van der Waals surface area contributed by atoms with Crippen molar-refractivity contribution in [1.29, 1.82) is 0 Å². The van der Waals surface area contributed by atoms with E-state index in [0.29, 0.717) is 30.9 Å². The number of nitro groups is 1. The summed E-state index contributed by atoms with van der Waals surface area (Å²) in [4.78, 5) is 26.0. The molecule has 10 heteroatoms. The fourth-order valence-corrected chi connectivity index (χ4v) is 4.24. The van der Waals surface area contributed by atoms with E-state index >= 15 is 0 Å².